The monoisotopic (exact) mass is 387 g/mol. The molecule has 24 heavy (non-hydrogen) atoms. The van der Waals surface area contributed by atoms with Crippen LogP contribution in [-0.2, 0) is 17.5 Å². The van der Waals surface area contributed by atoms with E-state index in [4.69, 9.17) is 16.3 Å². The van der Waals surface area contributed by atoms with Crippen LogP contribution < -0.4 is 0 Å². The molecule has 2 heterocycles. The zero-order valence-corrected chi connectivity index (χ0v) is 13.9. The lowest BCUT2D eigenvalue weighted by atomic mass is 10.2. The van der Waals surface area contributed by atoms with E-state index in [0.29, 0.717) is 6.92 Å². The number of pyridine rings is 1. The Hall–Kier alpha value is -1.39. The van der Waals surface area contributed by atoms with Gasteiger partial charge < -0.3 is 4.74 Å². The molecule has 2 aromatic heterocycles. The van der Waals surface area contributed by atoms with Crippen molar-refractivity contribution in [3.63, 3.8) is 0 Å². The average Bonchev–Trinajstić information content (AvgIpc) is 2.78. The fraction of sp³-hybridized carbons (Fsp3) is 0.385. The first-order valence-electron chi connectivity index (χ1n) is 6.39. The van der Waals surface area contributed by atoms with E-state index in [1.807, 2.05) is 0 Å². The summed E-state index contributed by atoms with van der Waals surface area (Å²) in [7, 11) is 1.32. The molecule has 0 unspecified atom stereocenters. The molecule has 0 amide bonds. The minimum Gasteiger partial charge on any atom is -0.378 e. The molecule has 0 aliphatic carbocycles. The summed E-state index contributed by atoms with van der Waals surface area (Å²) in [5.74, 6) is 0. The maximum absolute atomic E-state index is 13.3. The highest BCUT2D eigenvalue weighted by Gasteiger charge is 2.36. The number of ether oxygens (including phenoxy) is 1. The predicted octanol–water partition coefficient (Wildman–Crippen LogP) is 4.79. The summed E-state index contributed by atoms with van der Waals surface area (Å²) >= 11 is 5.94. The summed E-state index contributed by atoms with van der Waals surface area (Å²) in [5, 5.41) is 0.317. The first kappa shape index (κ1) is 18.9. The van der Waals surface area contributed by atoms with Crippen LogP contribution >= 0.6 is 23.4 Å². The van der Waals surface area contributed by atoms with Crippen molar-refractivity contribution in [2.75, 3.05) is 7.11 Å². The number of hydrogen-bond acceptors (Lipinski definition) is 4. The van der Waals surface area contributed by atoms with Gasteiger partial charge in [0.05, 0.1) is 17.1 Å². The molecule has 0 aromatic carbocycles. The third kappa shape index (κ3) is 4.37. The van der Waals surface area contributed by atoms with Crippen molar-refractivity contribution in [3.05, 3.63) is 34.9 Å². The molecule has 0 aliphatic rings. The molecule has 4 nitrogen and oxygen atoms in total. The minimum atomic E-state index is -4.71. The summed E-state index contributed by atoms with van der Waals surface area (Å²) in [5.41, 5.74) is -1.54. The van der Waals surface area contributed by atoms with E-state index >= 15 is 0 Å². The van der Waals surface area contributed by atoms with E-state index in [2.05, 4.69) is 10.1 Å². The highest BCUT2D eigenvalue weighted by molar-refractivity contribution is 8.00. The molecule has 0 saturated heterocycles. The number of rotatable bonds is 5. The normalized spacial score (nSPS) is 12.7. The van der Waals surface area contributed by atoms with E-state index in [-0.39, 0.29) is 29.0 Å². The van der Waals surface area contributed by atoms with Crippen LogP contribution in [0.1, 0.15) is 18.2 Å². The molecule has 0 saturated carbocycles. The zero-order valence-electron chi connectivity index (χ0n) is 12.4. The molecule has 0 fully saturated rings. The summed E-state index contributed by atoms with van der Waals surface area (Å²) in [6, 6.07) is 0.736. The Morgan fingerprint density at radius 1 is 1.29 bits per heavy atom. The first-order chi connectivity index (χ1) is 11.0. The number of halogens is 6. The van der Waals surface area contributed by atoms with Crippen LogP contribution in [0.3, 0.4) is 0 Å². The van der Waals surface area contributed by atoms with Gasteiger partial charge >= 0.3 is 6.18 Å². The lowest BCUT2D eigenvalue weighted by Gasteiger charge is -2.13. The Balaban J connectivity index is 2.60. The van der Waals surface area contributed by atoms with Gasteiger partial charge in [-0.15, -0.1) is 0 Å². The molecule has 0 bridgehead atoms. The van der Waals surface area contributed by atoms with Gasteiger partial charge in [-0.25, -0.2) is 9.67 Å². The lowest BCUT2D eigenvalue weighted by Crippen LogP contribution is -2.12. The Labute approximate surface area is 143 Å². The maximum atomic E-state index is 13.3. The summed E-state index contributed by atoms with van der Waals surface area (Å²) in [6.07, 6.45) is -2.75. The van der Waals surface area contributed by atoms with Crippen molar-refractivity contribution in [1.29, 1.82) is 0 Å². The van der Waals surface area contributed by atoms with Crippen molar-refractivity contribution >= 4 is 23.4 Å². The van der Waals surface area contributed by atoms with E-state index in [1.54, 1.807) is 0 Å². The van der Waals surface area contributed by atoms with Gasteiger partial charge in [-0.3, -0.25) is 0 Å². The number of methoxy groups -OCH3 is 1. The molecule has 0 N–H and O–H groups in total. The quantitative estimate of drug-likeness (QED) is 0.420. The highest BCUT2D eigenvalue weighted by Crippen LogP contribution is 2.40. The van der Waals surface area contributed by atoms with Gasteiger partial charge in [-0.05, 0) is 17.8 Å². The molecular weight excluding hydrogens is 377 g/mol. The van der Waals surface area contributed by atoms with Crippen LogP contribution in [0.2, 0.25) is 5.15 Å². The van der Waals surface area contributed by atoms with E-state index in [9.17, 15) is 22.0 Å². The molecule has 132 valence electrons. The number of hydrogen-bond donors (Lipinski definition) is 0. The topological polar surface area (TPSA) is 39.9 Å². The van der Waals surface area contributed by atoms with Crippen LogP contribution in [0.4, 0.5) is 22.0 Å². The van der Waals surface area contributed by atoms with Gasteiger partial charge in [0.2, 0.25) is 0 Å². The van der Waals surface area contributed by atoms with Crippen molar-refractivity contribution in [2.24, 2.45) is 0 Å². The van der Waals surface area contributed by atoms with Crippen LogP contribution in [0.15, 0.2) is 23.4 Å². The second-order valence-corrected chi connectivity index (χ2v) is 6.44. The smallest absolute Gasteiger partial charge is 0.378 e. The minimum absolute atomic E-state index is 0.0163. The van der Waals surface area contributed by atoms with Crippen molar-refractivity contribution < 1.29 is 26.7 Å². The molecule has 0 radical (unpaired) electrons. The van der Waals surface area contributed by atoms with Crippen molar-refractivity contribution in [3.8, 4) is 5.69 Å². The summed E-state index contributed by atoms with van der Waals surface area (Å²) < 4.78 is 71.6. The molecule has 0 aliphatic heterocycles. The fourth-order valence-electron chi connectivity index (χ4n) is 1.90. The standard InChI is InChI=1S/C13H11ClF5N3OS/c1-12(15,16)24-9-5-22(21-8(9)6-23-2)10-7(13(17,18)19)3-4-20-11(10)14/h3-5H,6H2,1-2H3. The Kier molecular flexibility index (Phi) is 5.41. The van der Waals surface area contributed by atoms with Crippen LogP contribution in [0.25, 0.3) is 5.69 Å². The van der Waals surface area contributed by atoms with Gasteiger partial charge in [0.25, 0.3) is 5.25 Å². The summed E-state index contributed by atoms with van der Waals surface area (Å²) in [6.45, 7) is 0.522. The Morgan fingerprint density at radius 2 is 1.96 bits per heavy atom. The van der Waals surface area contributed by atoms with Crippen molar-refractivity contribution in [1.82, 2.24) is 14.8 Å². The van der Waals surface area contributed by atoms with Gasteiger partial charge in [0, 0.05) is 26.4 Å². The molecule has 0 spiro atoms. The van der Waals surface area contributed by atoms with Crippen LogP contribution in [0.5, 0.6) is 0 Å². The Bertz CT molecular complexity index is 729. The second kappa shape index (κ2) is 6.85. The van der Waals surface area contributed by atoms with Gasteiger partial charge in [0.15, 0.2) is 5.15 Å². The molecule has 2 rings (SSSR count). The largest absolute Gasteiger partial charge is 0.418 e. The first-order valence-corrected chi connectivity index (χ1v) is 7.58. The third-order valence-corrected chi connectivity index (χ3v) is 3.93. The number of aromatic nitrogens is 3. The average molecular weight is 388 g/mol. The molecular formula is C13H11ClF5N3OS. The third-order valence-electron chi connectivity index (χ3n) is 2.74. The SMILES string of the molecule is COCc1nn(-c2c(C(F)(F)F)ccnc2Cl)cc1SC(C)(F)F. The van der Waals surface area contributed by atoms with Crippen molar-refractivity contribution in [2.45, 2.75) is 29.9 Å². The van der Waals surface area contributed by atoms with E-state index in [0.717, 1.165) is 23.1 Å². The van der Waals surface area contributed by atoms with Crippen LogP contribution in [-0.4, -0.2) is 27.1 Å². The number of nitrogens with zero attached hydrogens (tertiary/aromatic N) is 3. The summed E-state index contributed by atoms with van der Waals surface area (Å²) in [4.78, 5) is 3.59. The molecule has 11 heteroatoms. The predicted molar refractivity (Wildman–Crippen MR) is 78.6 cm³/mol. The second-order valence-electron chi connectivity index (χ2n) is 4.72. The maximum Gasteiger partial charge on any atom is 0.418 e. The van der Waals surface area contributed by atoms with E-state index in [1.165, 1.54) is 7.11 Å². The van der Waals surface area contributed by atoms with Gasteiger partial charge in [-0.2, -0.15) is 27.1 Å². The van der Waals surface area contributed by atoms with Crippen LogP contribution in [0, 0.1) is 0 Å². The van der Waals surface area contributed by atoms with Gasteiger partial charge in [0.1, 0.15) is 11.4 Å². The Morgan fingerprint density at radius 3 is 2.50 bits per heavy atom. The molecule has 0 atom stereocenters. The molecule has 2 aromatic rings. The number of thioether (sulfide) groups is 1. The number of alkyl halides is 5. The fourth-order valence-corrected chi connectivity index (χ4v) is 2.90. The zero-order chi connectivity index (χ0) is 18.1. The van der Waals surface area contributed by atoms with Gasteiger partial charge in [-0.1, -0.05) is 11.6 Å². The highest BCUT2D eigenvalue weighted by atomic mass is 35.5. The van der Waals surface area contributed by atoms with E-state index < -0.39 is 27.8 Å². The lowest BCUT2D eigenvalue weighted by molar-refractivity contribution is -0.137.